The van der Waals surface area contributed by atoms with Crippen LogP contribution >= 0.6 is 11.3 Å². The highest BCUT2D eigenvalue weighted by Crippen LogP contribution is 2.27. The Bertz CT molecular complexity index is 688. The molecule has 1 aromatic heterocycles. The lowest BCUT2D eigenvalue weighted by Crippen LogP contribution is -2.43. The van der Waals surface area contributed by atoms with Gasteiger partial charge in [-0.3, -0.25) is 5.32 Å². The molecule has 0 aliphatic carbocycles. The van der Waals surface area contributed by atoms with Crippen molar-refractivity contribution in [2.75, 3.05) is 12.4 Å². The normalized spacial score (nSPS) is 11.2. The van der Waals surface area contributed by atoms with E-state index >= 15 is 0 Å². The number of amides is 2. The number of nitrogens with zero attached hydrogens (tertiary/aromatic N) is 1. The molecule has 21 heavy (non-hydrogen) atoms. The maximum atomic E-state index is 11.8. The van der Waals surface area contributed by atoms with Crippen LogP contribution in [0.15, 0.2) is 18.2 Å². The number of ether oxygens (including phenoxy) is 1. The lowest BCUT2D eigenvalue weighted by Gasteiger charge is -2.19. The number of methoxy groups -OCH3 is 1. The Hall–Kier alpha value is -2.15. The van der Waals surface area contributed by atoms with Crippen molar-refractivity contribution in [1.82, 2.24) is 10.3 Å². The predicted molar refractivity (Wildman–Crippen MR) is 82.9 cm³/mol. The van der Waals surface area contributed by atoms with Gasteiger partial charge in [0.15, 0.2) is 5.13 Å². The maximum absolute atomic E-state index is 11.8. The van der Waals surface area contributed by atoms with E-state index in [0.29, 0.717) is 10.7 Å². The second-order valence-electron chi connectivity index (χ2n) is 5.52. The fraction of sp³-hybridized carbons (Fsp3) is 0.357. The number of urea groups is 1. The third-order valence-corrected chi connectivity index (χ3v) is 3.45. The highest BCUT2D eigenvalue weighted by Gasteiger charge is 2.15. The van der Waals surface area contributed by atoms with E-state index in [1.165, 1.54) is 18.4 Å². The zero-order valence-electron chi connectivity index (χ0n) is 12.3. The molecule has 0 saturated carbocycles. The molecule has 0 saturated heterocycles. The Balaban J connectivity index is 2.19. The standard InChI is InChI=1S/C14H17N3O3S/c1-14(2,3)17-12(19)16-13-15-9-6-5-8(11(18)20-4)7-10(9)21-13/h5-7H,1-4H3,(H2,15,16,17,19). The largest absolute Gasteiger partial charge is 0.465 e. The molecule has 0 unspecified atom stereocenters. The van der Waals surface area contributed by atoms with Crippen LogP contribution in [0.4, 0.5) is 9.93 Å². The quantitative estimate of drug-likeness (QED) is 0.836. The molecule has 0 radical (unpaired) electrons. The van der Waals surface area contributed by atoms with E-state index in [1.54, 1.807) is 18.2 Å². The lowest BCUT2D eigenvalue weighted by atomic mass is 10.1. The second kappa shape index (κ2) is 5.69. The molecule has 0 aliphatic rings. The summed E-state index contributed by atoms with van der Waals surface area (Å²) in [6, 6.07) is 4.76. The molecule has 1 aromatic carbocycles. The molecule has 2 aromatic rings. The van der Waals surface area contributed by atoms with Crippen molar-refractivity contribution in [3.63, 3.8) is 0 Å². The van der Waals surface area contributed by atoms with E-state index in [9.17, 15) is 9.59 Å². The Morgan fingerprint density at radius 3 is 2.62 bits per heavy atom. The first-order valence-electron chi connectivity index (χ1n) is 6.36. The van der Waals surface area contributed by atoms with Gasteiger partial charge in [0, 0.05) is 5.54 Å². The van der Waals surface area contributed by atoms with Crippen molar-refractivity contribution in [2.24, 2.45) is 0 Å². The smallest absolute Gasteiger partial charge is 0.337 e. The van der Waals surface area contributed by atoms with Gasteiger partial charge >= 0.3 is 12.0 Å². The molecular weight excluding hydrogens is 290 g/mol. The SMILES string of the molecule is COC(=O)c1ccc2nc(NC(=O)NC(C)(C)C)sc2c1. The van der Waals surface area contributed by atoms with Gasteiger partial charge in [-0.15, -0.1) is 0 Å². The summed E-state index contributed by atoms with van der Waals surface area (Å²) < 4.78 is 5.49. The topological polar surface area (TPSA) is 80.3 Å². The van der Waals surface area contributed by atoms with Gasteiger partial charge in [-0.2, -0.15) is 0 Å². The van der Waals surface area contributed by atoms with Gasteiger partial charge in [0.2, 0.25) is 0 Å². The number of carbonyl (C=O) groups is 2. The Labute approximate surface area is 126 Å². The monoisotopic (exact) mass is 307 g/mol. The summed E-state index contributed by atoms with van der Waals surface area (Å²) >= 11 is 1.30. The minimum atomic E-state index is -0.398. The first-order chi connectivity index (χ1) is 9.78. The van der Waals surface area contributed by atoms with Gasteiger partial charge in [-0.1, -0.05) is 11.3 Å². The first-order valence-corrected chi connectivity index (χ1v) is 7.18. The van der Waals surface area contributed by atoms with Crippen LogP contribution in [-0.2, 0) is 4.74 Å². The number of nitrogens with one attached hydrogen (secondary N) is 2. The number of hydrogen-bond acceptors (Lipinski definition) is 5. The molecule has 2 N–H and O–H groups in total. The zero-order chi connectivity index (χ0) is 15.6. The van der Waals surface area contributed by atoms with E-state index in [1.807, 2.05) is 20.8 Å². The molecule has 1 heterocycles. The number of fused-ring (bicyclic) bond motifs is 1. The Morgan fingerprint density at radius 2 is 2.00 bits per heavy atom. The van der Waals surface area contributed by atoms with Crippen molar-refractivity contribution < 1.29 is 14.3 Å². The summed E-state index contributed by atoms with van der Waals surface area (Å²) in [6.45, 7) is 5.69. The van der Waals surface area contributed by atoms with Crippen molar-refractivity contribution >= 4 is 38.7 Å². The second-order valence-corrected chi connectivity index (χ2v) is 6.55. The summed E-state index contributed by atoms with van der Waals surface area (Å²) in [4.78, 5) is 27.6. The molecule has 112 valence electrons. The summed E-state index contributed by atoms with van der Waals surface area (Å²) in [6.07, 6.45) is 0. The van der Waals surface area contributed by atoms with Crippen LogP contribution in [0.25, 0.3) is 10.2 Å². The molecule has 2 rings (SSSR count). The first kappa shape index (κ1) is 15.2. The van der Waals surface area contributed by atoms with E-state index in [2.05, 4.69) is 20.4 Å². The third-order valence-electron chi connectivity index (χ3n) is 2.52. The number of benzene rings is 1. The van der Waals surface area contributed by atoms with Gasteiger partial charge < -0.3 is 10.1 Å². The van der Waals surface area contributed by atoms with Crippen LogP contribution in [0, 0.1) is 0 Å². The maximum Gasteiger partial charge on any atom is 0.337 e. The molecule has 0 bridgehead atoms. The van der Waals surface area contributed by atoms with Crippen molar-refractivity contribution in [2.45, 2.75) is 26.3 Å². The fourth-order valence-electron chi connectivity index (χ4n) is 1.69. The third kappa shape index (κ3) is 3.91. The molecule has 7 heteroatoms. The average Bonchev–Trinajstić information content (AvgIpc) is 2.76. The summed E-state index contributed by atoms with van der Waals surface area (Å²) in [5.74, 6) is -0.398. The molecular formula is C14H17N3O3S. The van der Waals surface area contributed by atoms with Crippen LogP contribution in [0.2, 0.25) is 0 Å². The minimum Gasteiger partial charge on any atom is -0.465 e. The number of hydrogen-bond donors (Lipinski definition) is 2. The summed E-state index contributed by atoms with van der Waals surface area (Å²) in [5, 5.41) is 5.97. The van der Waals surface area contributed by atoms with Crippen molar-refractivity contribution in [3.8, 4) is 0 Å². The number of esters is 1. The summed E-state index contributed by atoms with van der Waals surface area (Å²) in [7, 11) is 1.34. The van der Waals surface area contributed by atoms with Crippen LogP contribution in [0.1, 0.15) is 31.1 Å². The number of thiazole rings is 1. The summed E-state index contributed by atoms with van der Waals surface area (Å²) in [5.41, 5.74) is 0.858. The molecule has 0 aliphatic heterocycles. The number of carbonyl (C=O) groups excluding carboxylic acids is 2. The van der Waals surface area contributed by atoms with Gasteiger partial charge in [0.25, 0.3) is 0 Å². The zero-order valence-corrected chi connectivity index (χ0v) is 13.1. The van der Waals surface area contributed by atoms with Gasteiger partial charge in [-0.25, -0.2) is 14.6 Å². The average molecular weight is 307 g/mol. The highest BCUT2D eigenvalue weighted by atomic mass is 32.1. The predicted octanol–water partition coefficient (Wildman–Crippen LogP) is 3.00. The van der Waals surface area contributed by atoms with E-state index in [-0.39, 0.29) is 11.6 Å². The fourth-order valence-corrected chi connectivity index (χ4v) is 2.59. The molecule has 6 nitrogen and oxygen atoms in total. The molecule has 2 amide bonds. The van der Waals surface area contributed by atoms with Gasteiger partial charge in [0.1, 0.15) is 0 Å². The number of rotatable bonds is 2. The van der Waals surface area contributed by atoms with Gasteiger partial charge in [0.05, 0.1) is 22.9 Å². The van der Waals surface area contributed by atoms with E-state index in [0.717, 1.165) is 10.2 Å². The molecule has 0 atom stereocenters. The number of aromatic nitrogens is 1. The Morgan fingerprint density at radius 1 is 1.29 bits per heavy atom. The lowest BCUT2D eigenvalue weighted by molar-refractivity contribution is 0.0601. The van der Waals surface area contributed by atoms with Crippen LogP contribution in [-0.4, -0.2) is 29.6 Å². The number of anilines is 1. The highest BCUT2D eigenvalue weighted by molar-refractivity contribution is 7.22. The van der Waals surface area contributed by atoms with E-state index < -0.39 is 5.97 Å². The minimum absolute atomic E-state index is 0.310. The van der Waals surface area contributed by atoms with Crippen LogP contribution in [0.3, 0.4) is 0 Å². The van der Waals surface area contributed by atoms with Gasteiger partial charge in [-0.05, 0) is 39.0 Å². The van der Waals surface area contributed by atoms with Crippen LogP contribution in [0.5, 0.6) is 0 Å². The molecule has 0 spiro atoms. The van der Waals surface area contributed by atoms with Crippen molar-refractivity contribution in [1.29, 1.82) is 0 Å². The molecule has 0 fully saturated rings. The van der Waals surface area contributed by atoms with Crippen molar-refractivity contribution in [3.05, 3.63) is 23.8 Å². The van der Waals surface area contributed by atoms with Crippen LogP contribution < -0.4 is 10.6 Å². The Kier molecular flexibility index (Phi) is 4.13. The van der Waals surface area contributed by atoms with E-state index in [4.69, 9.17) is 0 Å².